The van der Waals surface area contributed by atoms with E-state index in [1.165, 1.54) is 5.56 Å². The van der Waals surface area contributed by atoms with Gasteiger partial charge in [-0.15, -0.1) is 0 Å². The quantitative estimate of drug-likeness (QED) is 0.440. The summed E-state index contributed by atoms with van der Waals surface area (Å²) in [6, 6.07) is 22.5. The fourth-order valence-electron chi connectivity index (χ4n) is 4.73. The lowest BCUT2D eigenvalue weighted by atomic mass is 10.00. The van der Waals surface area contributed by atoms with Gasteiger partial charge in [0, 0.05) is 18.3 Å². The SMILES string of the molecule is Cc1cccc(C2c3cccn3-c3c(c(C)nn3-c3ccccc3)CN2C(=O)NCC(C)C)c1. The van der Waals surface area contributed by atoms with Crippen LogP contribution in [0.25, 0.3) is 11.5 Å². The number of urea groups is 1. The van der Waals surface area contributed by atoms with Crippen LogP contribution in [0.2, 0.25) is 0 Å². The molecule has 1 aliphatic heterocycles. The average molecular weight is 454 g/mol. The third-order valence-electron chi connectivity index (χ3n) is 6.37. The van der Waals surface area contributed by atoms with E-state index in [-0.39, 0.29) is 12.1 Å². The Morgan fingerprint density at radius 2 is 1.85 bits per heavy atom. The van der Waals surface area contributed by atoms with E-state index in [1.807, 2.05) is 34.7 Å². The second kappa shape index (κ2) is 8.86. The maximum Gasteiger partial charge on any atom is 0.318 e. The number of rotatable bonds is 4. The molecule has 6 heteroatoms. The van der Waals surface area contributed by atoms with Crippen LogP contribution in [0.1, 0.15) is 48.0 Å². The maximum atomic E-state index is 13.6. The number of hydrogen-bond donors (Lipinski definition) is 1. The molecule has 34 heavy (non-hydrogen) atoms. The highest BCUT2D eigenvalue weighted by Crippen LogP contribution is 2.38. The Labute approximate surface area is 200 Å². The van der Waals surface area contributed by atoms with Gasteiger partial charge in [-0.25, -0.2) is 9.48 Å². The molecule has 0 spiro atoms. The standard InChI is InChI=1S/C28H31N5O/c1-19(2)17-29-28(34)32-18-24-21(4)30-33(23-12-6-5-7-13-23)27(24)31-15-9-14-25(31)26(32)22-11-8-10-20(3)16-22/h5-16,19,26H,17-18H2,1-4H3,(H,29,34). The monoisotopic (exact) mass is 453 g/mol. The van der Waals surface area contributed by atoms with Crippen molar-refractivity contribution in [2.45, 2.75) is 40.3 Å². The minimum absolute atomic E-state index is 0.0623. The van der Waals surface area contributed by atoms with Crippen LogP contribution in [0.4, 0.5) is 4.79 Å². The average Bonchev–Trinajstić information content (AvgIpc) is 3.38. The van der Waals surface area contributed by atoms with Crippen molar-refractivity contribution in [2.24, 2.45) is 5.92 Å². The molecule has 0 saturated heterocycles. The van der Waals surface area contributed by atoms with Gasteiger partial charge in [0.05, 0.1) is 29.7 Å². The van der Waals surface area contributed by atoms with Gasteiger partial charge in [-0.2, -0.15) is 5.10 Å². The first-order chi connectivity index (χ1) is 16.4. The molecule has 3 heterocycles. The summed E-state index contributed by atoms with van der Waals surface area (Å²) in [7, 11) is 0. The molecule has 174 valence electrons. The molecule has 0 bridgehead atoms. The lowest BCUT2D eigenvalue weighted by Gasteiger charge is -2.31. The topological polar surface area (TPSA) is 55.1 Å². The predicted octanol–water partition coefficient (Wildman–Crippen LogP) is 5.55. The highest BCUT2D eigenvalue weighted by Gasteiger charge is 2.35. The van der Waals surface area contributed by atoms with Crippen LogP contribution in [-0.2, 0) is 6.54 Å². The molecular weight excluding hydrogens is 422 g/mol. The van der Waals surface area contributed by atoms with Crippen molar-refractivity contribution in [1.82, 2.24) is 24.6 Å². The van der Waals surface area contributed by atoms with Crippen LogP contribution in [0.15, 0.2) is 72.9 Å². The number of nitrogens with one attached hydrogen (secondary N) is 1. The van der Waals surface area contributed by atoms with Gasteiger partial charge < -0.3 is 14.8 Å². The Kier molecular flexibility index (Phi) is 5.74. The number of fused-ring (bicyclic) bond motifs is 3. The molecule has 4 aromatic rings. The molecule has 0 aliphatic carbocycles. The van der Waals surface area contributed by atoms with Crippen LogP contribution < -0.4 is 5.32 Å². The van der Waals surface area contributed by atoms with Gasteiger partial charge in [0.25, 0.3) is 0 Å². The highest BCUT2D eigenvalue weighted by molar-refractivity contribution is 5.76. The first-order valence-corrected chi connectivity index (χ1v) is 11.9. The van der Waals surface area contributed by atoms with E-state index in [9.17, 15) is 4.79 Å². The van der Waals surface area contributed by atoms with Crippen molar-refractivity contribution in [3.05, 3.63) is 101 Å². The van der Waals surface area contributed by atoms with E-state index in [1.54, 1.807) is 0 Å². The zero-order chi connectivity index (χ0) is 23.8. The molecule has 6 nitrogen and oxygen atoms in total. The Hall–Kier alpha value is -3.80. The molecule has 2 amide bonds. The summed E-state index contributed by atoms with van der Waals surface area (Å²) in [5.41, 5.74) is 6.28. The molecule has 2 aromatic carbocycles. The minimum atomic E-state index is -0.224. The minimum Gasteiger partial charge on any atom is -0.338 e. The number of aromatic nitrogens is 3. The Bertz CT molecular complexity index is 1320. The van der Waals surface area contributed by atoms with Gasteiger partial charge in [-0.1, -0.05) is 61.9 Å². The van der Waals surface area contributed by atoms with Crippen molar-refractivity contribution >= 4 is 6.03 Å². The van der Waals surface area contributed by atoms with Gasteiger partial charge in [-0.3, -0.25) is 0 Å². The van der Waals surface area contributed by atoms with Crippen molar-refractivity contribution in [3.8, 4) is 11.5 Å². The molecule has 0 radical (unpaired) electrons. The second-order valence-corrected chi connectivity index (χ2v) is 9.46. The maximum absolute atomic E-state index is 13.6. The Balaban J connectivity index is 1.72. The molecule has 0 fully saturated rings. The molecule has 1 unspecified atom stereocenters. The summed E-state index contributed by atoms with van der Waals surface area (Å²) < 4.78 is 4.20. The number of carbonyl (C=O) groups is 1. The first kappa shape index (κ1) is 22.0. The van der Waals surface area contributed by atoms with E-state index in [0.29, 0.717) is 19.0 Å². The van der Waals surface area contributed by atoms with Crippen molar-refractivity contribution in [1.29, 1.82) is 0 Å². The number of hydrogen-bond acceptors (Lipinski definition) is 2. The van der Waals surface area contributed by atoms with E-state index in [2.05, 4.69) is 85.4 Å². The number of carbonyl (C=O) groups excluding carboxylic acids is 1. The van der Waals surface area contributed by atoms with Crippen LogP contribution in [0, 0.1) is 19.8 Å². The summed E-state index contributed by atoms with van der Waals surface area (Å²) in [4.78, 5) is 15.6. The predicted molar refractivity (Wildman–Crippen MR) is 134 cm³/mol. The van der Waals surface area contributed by atoms with E-state index < -0.39 is 0 Å². The summed E-state index contributed by atoms with van der Waals surface area (Å²) in [6.07, 6.45) is 2.08. The number of para-hydroxylation sites is 1. The number of nitrogens with zero attached hydrogens (tertiary/aromatic N) is 4. The molecule has 1 N–H and O–H groups in total. The largest absolute Gasteiger partial charge is 0.338 e. The van der Waals surface area contributed by atoms with Crippen LogP contribution in [0.5, 0.6) is 0 Å². The van der Waals surface area contributed by atoms with E-state index in [0.717, 1.165) is 34.0 Å². The molecular formula is C28H31N5O. The third kappa shape index (κ3) is 3.89. The van der Waals surface area contributed by atoms with E-state index >= 15 is 0 Å². The van der Waals surface area contributed by atoms with Crippen LogP contribution >= 0.6 is 0 Å². The van der Waals surface area contributed by atoms with Gasteiger partial charge in [-0.05, 0) is 49.6 Å². The zero-order valence-corrected chi connectivity index (χ0v) is 20.2. The fourth-order valence-corrected chi connectivity index (χ4v) is 4.73. The summed E-state index contributed by atoms with van der Waals surface area (Å²) in [5, 5.41) is 8.06. The lowest BCUT2D eigenvalue weighted by molar-refractivity contribution is 0.179. The summed E-state index contributed by atoms with van der Waals surface area (Å²) in [6.45, 7) is 9.44. The smallest absolute Gasteiger partial charge is 0.318 e. The van der Waals surface area contributed by atoms with Gasteiger partial charge >= 0.3 is 6.03 Å². The normalized spacial score (nSPS) is 15.1. The van der Waals surface area contributed by atoms with Gasteiger partial charge in [0.1, 0.15) is 5.82 Å². The van der Waals surface area contributed by atoms with Gasteiger partial charge in [0.15, 0.2) is 0 Å². The third-order valence-corrected chi connectivity index (χ3v) is 6.37. The molecule has 0 saturated carbocycles. The highest BCUT2D eigenvalue weighted by atomic mass is 16.2. The van der Waals surface area contributed by atoms with Crippen molar-refractivity contribution in [3.63, 3.8) is 0 Å². The number of benzene rings is 2. The zero-order valence-electron chi connectivity index (χ0n) is 20.2. The molecule has 1 aliphatic rings. The molecule has 1 atom stereocenters. The van der Waals surface area contributed by atoms with Crippen molar-refractivity contribution in [2.75, 3.05) is 6.54 Å². The molecule has 2 aromatic heterocycles. The fraction of sp³-hybridized carbons (Fsp3) is 0.286. The molecule has 5 rings (SSSR count). The first-order valence-electron chi connectivity index (χ1n) is 11.9. The number of aryl methyl sites for hydroxylation is 2. The summed E-state index contributed by atoms with van der Waals surface area (Å²) in [5.74, 6) is 1.36. The van der Waals surface area contributed by atoms with Gasteiger partial charge in [0.2, 0.25) is 0 Å². The summed E-state index contributed by atoms with van der Waals surface area (Å²) >= 11 is 0. The Morgan fingerprint density at radius 3 is 2.59 bits per heavy atom. The van der Waals surface area contributed by atoms with Crippen LogP contribution in [-0.4, -0.2) is 31.8 Å². The lowest BCUT2D eigenvalue weighted by Crippen LogP contribution is -2.43. The Morgan fingerprint density at radius 1 is 1.06 bits per heavy atom. The number of amides is 2. The second-order valence-electron chi connectivity index (χ2n) is 9.46. The van der Waals surface area contributed by atoms with E-state index in [4.69, 9.17) is 5.10 Å². The van der Waals surface area contributed by atoms with Crippen LogP contribution in [0.3, 0.4) is 0 Å². The van der Waals surface area contributed by atoms with Crippen molar-refractivity contribution < 1.29 is 4.79 Å².